The Balaban J connectivity index is 2.66. The molecule has 1 unspecified atom stereocenters. The second-order valence-electron chi connectivity index (χ2n) is 5.28. The maximum atomic E-state index is 10.8. The largest absolute Gasteiger partial charge is 0.481 e. The predicted octanol–water partition coefficient (Wildman–Crippen LogP) is 3.30. The molecule has 1 aromatic heterocycles. The van der Waals surface area contributed by atoms with Crippen molar-refractivity contribution in [2.75, 3.05) is 19.6 Å². The average Bonchev–Trinajstić information content (AvgIpc) is 2.75. The third-order valence-corrected chi connectivity index (χ3v) is 4.84. The Morgan fingerprint density at radius 2 is 2.15 bits per heavy atom. The standard InChI is InChI=1S/C15H26N2O2S/c1-5-7-8-17(6-2)10-11(3)15-16-12(4)13(20-15)9-14(18)19/h11H,5-10H2,1-4H3,(H,18,19). The smallest absolute Gasteiger partial charge is 0.308 e. The molecule has 0 aliphatic heterocycles. The summed E-state index contributed by atoms with van der Waals surface area (Å²) in [6.45, 7) is 11.7. The normalized spacial score (nSPS) is 12.8. The molecule has 1 N–H and O–H groups in total. The Labute approximate surface area is 125 Å². The lowest BCUT2D eigenvalue weighted by atomic mass is 10.1. The first-order valence-electron chi connectivity index (χ1n) is 7.38. The van der Waals surface area contributed by atoms with Crippen LogP contribution in [0.5, 0.6) is 0 Å². The van der Waals surface area contributed by atoms with Crippen molar-refractivity contribution in [3.63, 3.8) is 0 Å². The van der Waals surface area contributed by atoms with Crippen molar-refractivity contribution in [1.82, 2.24) is 9.88 Å². The molecule has 0 aliphatic rings. The molecule has 1 heterocycles. The van der Waals surface area contributed by atoms with Crippen molar-refractivity contribution in [3.8, 4) is 0 Å². The molecule has 1 aromatic rings. The molecule has 0 amide bonds. The van der Waals surface area contributed by atoms with Crippen LogP contribution in [0.2, 0.25) is 0 Å². The molecule has 0 saturated heterocycles. The highest BCUT2D eigenvalue weighted by Gasteiger charge is 2.17. The van der Waals surface area contributed by atoms with Crippen LogP contribution in [0.4, 0.5) is 0 Å². The SMILES string of the molecule is CCCCN(CC)CC(C)c1nc(C)c(CC(=O)O)s1. The molecule has 20 heavy (non-hydrogen) atoms. The highest BCUT2D eigenvalue weighted by Crippen LogP contribution is 2.26. The van der Waals surface area contributed by atoms with Gasteiger partial charge >= 0.3 is 5.97 Å². The minimum atomic E-state index is -0.783. The van der Waals surface area contributed by atoms with Crippen LogP contribution in [0.25, 0.3) is 0 Å². The van der Waals surface area contributed by atoms with Crippen molar-refractivity contribution in [2.45, 2.75) is 52.9 Å². The zero-order chi connectivity index (χ0) is 15.1. The summed E-state index contributed by atoms with van der Waals surface area (Å²) in [7, 11) is 0. The van der Waals surface area contributed by atoms with E-state index < -0.39 is 5.97 Å². The Morgan fingerprint density at radius 3 is 2.70 bits per heavy atom. The Kier molecular flexibility index (Phi) is 7.16. The number of carboxylic acids is 1. The van der Waals surface area contributed by atoms with E-state index in [-0.39, 0.29) is 6.42 Å². The van der Waals surface area contributed by atoms with E-state index >= 15 is 0 Å². The molecular weight excluding hydrogens is 272 g/mol. The van der Waals surface area contributed by atoms with Crippen molar-refractivity contribution in [1.29, 1.82) is 0 Å². The number of hydrogen-bond acceptors (Lipinski definition) is 4. The summed E-state index contributed by atoms with van der Waals surface area (Å²) in [5, 5.41) is 9.95. The summed E-state index contributed by atoms with van der Waals surface area (Å²) in [5.74, 6) is -0.424. The number of nitrogens with zero attached hydrogens (tertiary/aromatic N) is 2. The third-order valence-electron chi connectivity index (χ3n) is 3.45. The van der Waals surface area contributed by atoms with Gasteiger partial charge in [-0.3, -0.25) is 4.79 Å². The van der Waals surface area contributed by atoms with Crippen molar-refractivity contribution < 1.29 is 9.90 Å². The molecule has 1 rings (SSSR count). The van der Waals surface area contributed by atoms with E-state index in [1.165, 1.54) is 12.8 Å². The van der Waals surface area contributed by atoms with Crippen LogP contribution in [0, 0.1) is 6.92 Å². The van der Waals surface area contributed by atoms with Gasteiger partial charge in [0.15, 0.2) is 0 Å². The third kappa shape index (κ3) is 5.21. The van der Waals surface area contributed by atoms with Gasteiger partial charge in [-0.2, -0.15) is 0 Å². The lowest BCUT2D eigenvalue weighted by Gasteiger charge is -2.23. The number of aromatic nitrogens is 1. The fourth-order valence-electron chi connectivity index (χ4n) is 2.19. The highest BCUT2D eigenvalue weighted by molar-refractivity contribution is 7.11. The van der Waals surface area contributed by atoms with Crippen LogP contribution >= 0.6 is 11.3 Å². The van der Waals surface area contributed by atoms with E-state index in [0.29, 0.717) is 5.92 Å². The first-order chi connectivity index (χ1) is 9.47. The van der Waals surface area contributed by atoms with Crippen molar-refractivity contribution >= 4 is 17.3 Å². The molecule has 0 aliphatic carbocycles. The van der Waals surface area contributed by atoms with Crippen LogP contribution in [0.1, 0.15) is 55.1 Å². The van der Waals surface area contributed by atoms with E-state index in [1.54, 1.807) is 11.3 Å². The maximum absolute atomic E-state index is 10.8. The first kappa shape index (κ1) is 17.1. The number of rotatable bonds is 9. The van der Waals surface area contributed by atoms with Gasteiger partial charge in [0.1, 0.15) is 0 Å². The summed E-state index contributed by atoms with van der Waals surface area (Å²) in [6, 6.07) is 0. The number of likely N-dealkylation sites (N-methyl/N-ethyl adjacent to an activating group) is 1. The lowest BCUT2D eigenvalue weighted by molar-refractivity contribution is -0.136. The van der Waals surface area contributed by atoms with Gasteiger partial charge in [0.25, 0.3) is 0 Å². The van der Waals surface area contributed by atoms with Gasteiger partial charge in [0, 0.05) is 17.3 Å². The van der Waals surface area contributed by atoms with Crippen LogP contribution < -0.4 is 0 Å². The Hall–Kier alpha value is -0.940. The zero-order valence-electron chi connectivity index (χ0n) is 13.0. The Bertz CT molecular complexity index is 432. The molecule has 0 bridgehead atoms. The van der Waals surface area contributed by atoms with Gasteiger partial charge in [-0.15, -0.1) is 11.3 Å². The number of unbranched alkanes of at least 4 members (excludes halogenated alkanes) is 1. The number of hydrogen-bond donors (Lipinski definition) is 1. The number of carboxylic acid groups (broad SMARTS) is 1. The fourth-order valence-corrected chi connectivity index (χ4v) is 3.29. The zero-order valence-corrected chi connectivity index (χ0v) is 13.8. The van der Waals surface area contributed by atoms with Crippen molar-refractivity contribution in [2.24, 2.45) is 0 Å². The minimum absolute atomic E-state index is 0.0869. The summed E-state index contributed by atoms with van der Waals surface area (Å²) < 4.78 is 0. The molecule has 4 nitrogen and oxygen atoms in total. The second-order valence-corrected chi connectivity index (χ2v) is 6.39. The summed E-state index contributed by atoms with van der Waals surface area (Å²) in [6.07, 6.45) is 2.52. The second kappa shape index (κ2) is 8.37. The van der Waals surface area contributed by atoms with E-state index in [9.17, 15) is 4.79 Å². The summed E-state index contributed by atoms with van der Waals surface area (Å²) >= 11 is 1.55. The molecule has 0 aromatic carbocycles. The van der Waals surface area contributed by atoms with Crippen LogP contribution in [-0.4, -0.2) is 40.6 Å². The van der Waals surface area contributed by atoms with Gasteiger partial charge in [0.05, 0.1) is 17.1 Å². The van der Waals surface area contributed by atoms with E-state index in [2.05, 4.69) is 30.7 Å². The van der Waals surface area contributed by atoms with E-state index in [4.69, 9.17) is 5.11 Å². The highest BCUT2D eigenvalue weighted by atomic mass is 32.1. The lowest BCUT2D eigenvalue weighted by Crippen LogP contribution is -2.28. The summed E-state index contributed by atoms with van der Waals surface area (Å²) in [5.41, 5.74) is 0.871. The van der Waals surface area contributed by atoms with Gasteiger partial charge in [-0.05, 0) is 26.4 Å². The first-order valence-corrected chi connectivity index (χ1v) is 8.19. The van der Waals surface area contributed by atoms with E-state index in [1.807, 2.05) is 6.92 Å². The molecule has 0 saturated carbocycles. The maximum Gasteiger partial charge on any atom is 0.308 e. The monoisotopic (exact) mass is 298 g/mol. The number of aryl methyl sites for hydroxylation is 1. The average molecular weight is 298 g/mol. The number of thiazole rings is 1. The number of aliphatic carboxylic acids is 1. The molecule has 1 atom stereocenters. The molecule has 0 spiro atoms. The Morgan fingerprint density at radius 1 is 1.45 bits per heavy atom. The van der Waals surface area contributed by atoms with Gasteiger partial charge in [0.2, 0.25) is 0 Å². The molecule has 5 heteroatoms. The van der Waals surface area contributed by atoms with Crippen LogP contribution in [-0.2, 0) is 11.2 Å². The fraction of sp³-hybridized carbons (Fsp3) is 0.733. The molecule has 0 fully saturated rings. The van der Waals surface area contributed by atoms with Crippen LogP contribution in [0.15, 0.2) is 0 Å². The molecular formula is C15H26N2O2S. The van der Waals surface area contributed by atoms with Crippen molar-refractivity contribution in [3.05, 3.63) is 15.6 Å². The predicted molar refractivity (Wildman–Crippen MR) is 83.6 cm³/mol. The van der Waals surface area contributed by atoms with Gasteiger partial charge < -0.3 is 10.0 Å². The quantitative estimate of drug-likeness (QED) is 0.760. The molecule has 0 radical (unpaired) electrons. The van der Waals surface area contributed by atoms with E-state index in [0.717, 1.165) is 35.2 Å². The minimum Gasteiger partial charge on any atom is -0.481 e. The van der Waals surface area contributed by atoms with Crippen LogP contribution in [0.3, 0.4) is 0 Å². The number of carbonyl (C=O) groups is 1. The van der Waals surface area contributed by atoms with Gasteiger partial charge in [-0.25, -0.2) is 4.98 Å². The summed E-state index contributed by atoms with van der Waals surface area (Å²) in [4.78, 5) is 18.7. The van der Waals surface area contributed by atoms with Gasteiger partial charge in [-0.1, -0.05) is 27.2 Å². The topological polar surface area (TPSA) is 53.4 Å². The molecule has 114 valence electrons.